The van der Waals surface area contributed by atoms with Crippen molar-refractivity contribution in [2.24, 2.45) is 0 Å². The number of quaternary nitrogens is 1. The summed E-state index contributed by atoms with van der Waals surface area (Å²) < 4.78 is 0.581. The van der Waals surface area contributed by atoms with Crippen LogP contribution in [0.25, 0.3) is 0 Å². The van der Waals surface area contributed by atoms with Gasteiger partial charge < -0.3 is 0 Å². The Morgan fingerprint density at radius 2 is 1.00 bits per heavy atom. The van der Waals surface area contributed by atoms with Crippen LogP contribution in [0.3, 0.4) is 0 Å². The van der Waals surface area contributed by atoms with Crippen LogP contribution in [0.15, 0.2) is 0 Å². The van der Waals surface area contributed by atoms with Gasteiger partial charge in [0, 0.05) is 6.42 Å². The molecule has 0 radical (unpaired) electrons. The van der Waals surface area contributed by atoms with Crippen LogP contribution in [0.2, 0.25) is 0 Å². The Bertz CT molecular complexity index is 302. The number of carbonyl (C=O) groups is 1. The highest BCUT2D eigenvalue weighted by molar-refractivity contribution is 5.74. The first-order valence-electron chi connectivity index (χ1n) is 11.2. The molecule has 0 fully saturated rings. The molecule has 0 atom stereocenters. The molecule has 0 aromatic heterocycles. The monoisotopic (exact) mass is 355 g/mol. The van der Waals surface area contributed by atoms with Crippen molar-refractivity contribution in [2.45, 2.75) is 117 Å². The third kappa shape index (κ3) is 18.0. The molecule has 0 saturated carbocycles. The molecule has 0 aromatic rings. The highest BCUT2D eigenvalue weighted by Gasteiger charge is 2.15. The van der Waals surface area contributed by atoms with Gasteiger partial charge in [0.25, 0.3) is 5.91 Å². The van der Waals surface area contributed by atoms with E-state index in [1.165, 1.54) is 89.9 Å². The van der Waals surface area contributed by atoms with Gasteiger partial charge in [-0.3, -0.25) is 4.79 Å². The zero-order valence-electron chi connectivity index (χ0n) is 17.9. The van der Waals surface area contributed by atoms with Crippen molar-refractivity contribution >= 4 is 5.91 Å². The molecule has 0 bridgehead atoms. The number of carbonyl (C=O) groups excluding carboxylic acids is 1. The predicted octanol–water partition coefficient (Wildman–Crippen LogP) is 6.38. The van der Waals surface area contributed by atoms with Crippen LogP contribution in [0.1, 0.15) is 117 Å². The van der Waals surface area contributed by atoms with Crippen molar-refractivity contribution in [1.29, 1.82) is 0 Å². The standard InChI is InChI=1S/C22H46N2O/c1-5-7-8-9-10-11-12-13-14-15-16-17-18-19-20-21-22(25)23-24(3,4)6-2/h5-21H2,1-4H3/p+1. The Balaban J connectivity index is 3.20. The molecular formula is C22H47N2O+. The van der Waals surface area contributed by atoms with Gasteiger partial charge in [-0.1, -0.05) is 96.8 Å². The molecule has 25 heavy (non-hydrogen) atoms. The lowest BCUT2D eigenvalue weighted by Gasteiger charge is -2.27. The van der Waals surface area contributed by atoms with E-state index < -0.39 is 0 Å². The number of nitrogens with zero attached hydrogens (tertiary/aromatic N) is 1. The minimum atomic E-state index is 0.196. The maximum absolute atomic E-state index is 11.8. The van der Waals surface area contributed by atoms with E-state index in [1.54, 1.807) is 0 Å². The number of unbranched alkanes of at least 4 members (excludes halogenated alkanes) is 14. The van der Waals surface area contributed by atoms with Crippen LogP contribution in [0.4, 0.5) is 0 Å². The highest BCUT2D eigenvalue weighted by atomic mass is 16.2. The SMILES string of the molecule is CCCCCCCCCCCCCCCCCC(=O)N[N+](C)(C)CC. The molecule has 0 spiro atoms. The molecular weight excluding hydrogens is 308 g/mol. The predicted molar refractivity (Wildman–Crippen MR) is 110 cm³/mol. The first kappa shape index (κ1) is 24.4. The summed E-state index contributed by atoms with van der Waals surface area (Å²) in [6.45, 7) is 5.29. The van der Waals surface area contributed by atoms with Gasteiger partial charge in [0.2, 0.25) is 0 Å². The number of rotatable bonds is 18. The van der Waals surface area contributed by atoms with Crippen LogP contribution in [0, 0.1) is 0 Å². The second-order valence-electron chi connectivity index (χ2n) is 8.24. The van der Waals surface area contributed by atoms with Crippen LogP contribution < -0.4 is 5.43 Å². The van der Waals surface area contributed by atoms with E-state index in [0.717, 1.165) is 13.0 Å². The van der Waals surface area contributed by atoms with Crippen LogP contribution in [-0.2, 0) is 4.79 Å². The number of hydrogen-bond donors (Lipinski definition) is 1. The summed E-state index contributed by atoms with van der Waals surface area (Å²) in [7, 11) is 4.06. The van der Waals surface area contributed by atoms with Crippen molar-refractivity contribution in [3.8, 4) is 0 Å². The number of amides is 1. The van der Waals surface area contributed by atoms with E-state index in [-0.39, 0.29) is 5.91 Å². The Labute approximate surface area is 158 Å². The van der Waals surface area contributed by atoms with Gasteiger partial charge in [-0.25, -0.2) is 10.0 Å². The summed E-state index contributed by atoms with van der Waals surface area (Å²) in [5, 5.41) is 0. The molecule has 1 amide bonds. The first-order valence-corrected chi connectivity index (χ1v) is 11.2. The van der Waals surface area contributed by atoms with Crippen LogP contribution in [0.5, 0.6) is 0 Å². The van der Waals surface area contributed by atoms with Gasteiger partial charge >= 0.3 is 0 Å². The second-order valence-corrected chi connectivity index (χ2v) is 8.24. The van der Waals surface area contributed by atoms with Crippen molar-refractivity contribution in [2.75, 3.05) is 20.6 Å². The van der Waals surface area contributed by atoms with Gasteiger partial charge in [0.1, 0.15) is 0 Å². The second kappa shape index (κ2) is 16.9. The van der Waals surface area contributed by atoms with Gasteiger partial charge in [-0.2, -0.15) is 0 Å². The molecule has 0 unspecified atom stereocenters. The minimum absolute atomic E-state index is 0.196. The van der Waals surface area contributed by atoms with Gasteiger partial charge in [-0.05, 0) is 13.3 Å². The fraction of sp³-hybridized carbons (Fsp3) is 0.955. The molecule has 0 heterocycles. The Kier molecular flexibility index (Phi) is 16.5. The Morgan fingerprint density at radius 1 is 0.640 bits per heavy atom. The van der Waals surface area contributed by atoms with E-state index in [2.05, 4.69) is 19.3 Å². The average Bonchev–Trinajstić information content (AvgIpc) is 2.58. The summed E-state index contributed by atoms with van der Waals surface area (Å²) in [6, 6.07) is 0. The fourth-order valence-corrected chi connectivity index (χ4v) is 3.13. The molecule has 3 nitrogen and oxygen atoms in total. The normalized spacial score (nSPS) is 11.7. The molecule has 0 aromatic carbocycles. The largest absolute Gasteiger partial charge is 0.270 e. The lowest BCUT2D eigenvalue weighted by atomic mass is 10.0. The summed E-state index contributed by atoms with van der Waals surface area (Å²) in [4.78, 5) is 11.8. The molecule has 0 aliphatic rings. The fourth-order valence-electron chi connectivity index (χ4n) is 3.13. The van der Waals surface area contributed by atoms with Crippen molar-refractivity contribution in [3.05, 3.63) is 0 Å². The molecule has 3 heteroatoms. The third-order valence-electron chi connectivity index (χ3n) is 5.23. The van der Waals surface area contributed by atoms with Gasteiger partial charge in [-0.15, -0.1) is 0 Å². The third-order valence-corrected chi connectivity index (χ3v) is 5.23. The van der Waals surface area contributed by atoms with E-state index >= 15 is 0 Å². The summed E-state index contributed by atoms with van der Waals surface area (Å²) in [5.41, 5.74) is 3.05. The molecule has 1 N–H and O–H groups in total. The summed E-state index contributed by atoms with van der Waals surface area (Å²) in [5.74, 6) is 0.196. The molecule has 0 rings (SSSR count). The van der Waals surface area contributed by atoms with E-state index in [0.29, 0.717) is 11.0 Å². The summed E-state index contributed by atoms with van der Waals surface area (Å²) in [6.07, 6.45) is 21.2. The maximum atomic E-state index is 11.8. The number of nitrogens with one attached hydrogen (secondary N) is 1. The van der Waals surface area contributed by atoms with Crippen molar-refractivity contribution < 1.29 is 9.39 Å². The van der Waals surface area contributed by atoms with Gasteiger partial charge in [0.05, 0.1) is 20.6 Å². The topological polar surface area (TPSA) is 29.1 Å². The summed E-state index contributed by atoms with van der Waals surface area (Å²) >= 11 is 0. The van der Waals surface area contributed by atoms with Crippen LogP contribution >= 0.6 is 0 Å². The quantitative estimate of drug-likeness (QED) is 0.173. The Morgan fingerprint density at radius 3 is 1.36 bits per heavy atom. The zero-order chi connectivity index (χ0) is 18.8. The van der Waals surface area contributed by atoms with Crippen molar-refractivity contribution in [3.63, 3.8) is 0 Å². The maximum Gasteiger partial charge on any atom is 0.264 e. The molecule has 0 aliphatic heterocycles. The number of hydrogen-bond acceptors (Lipinski definition) is 1. The average molecular weight is 356 g/mol. The molecule has 0 aliphatic carbocycles. The van der Waals surface area contributed by atoms with E-state index in [4.69, 9.17) is 0 Å². The minimum Gasteiger partial charge on any atom is -0.270 e. The zero-order valence-corrected chi connectivity index (χ0v) is 17.9. The smallest absolute Gasteiger partial charge is 0.264 e. The lowest BCUT2D eigenvalue weighted by molar-refractivity contribution is -0.923. The van der Waals surface area contributed by atoms with E-state index in [9.17, 15) is 4.79 Å². The Hall–Kier alpha value is -0.570. The molecule has 150 valence electrons. The first-order chi connectivity index (χ1) is 12.0. The molecule has 0 saturated heterocycles. The van der Waals surface area contributed by atoms with Crippen LogP contribution in [-0.4, -0.2) is 31.1 Å². The lowest BCUT2D eigenvalue weighted by Crippen LogP contribution is -2.54. The van der Waals surface area contributed by atoms with Gasteiger partial charge in [0.15, 0.2) is 0 Å². The highest BCUT2D eigenvalue weighted by Crippen LogP contribution is 2.13. The van der Waals surface area contributed by atoms with Crippen molar-refractivity contribution in [1.82, 2.24) is 5.43 Å². The van der Waals surface area contributed by atoms with E-state index in [1.807, 2.05) is 14.1 Å².